The summed E-state index contributed by atoms with van der Waals surface area (Å²) in [4.78, 5) is 34.6. The van der Waals surface area contributed by atoms with Gasteiger partial charge in [-0.2, -0.15) is 15.4 Å². The van der Waals surface area contributed by atoms with Gasteiger partial charge in [-0.1, -0.05) is 35.9 Å². The molecule has 0 aliphatic rings. The molecule has 0 bridgehead atoms. The second-order valence-corrected chi connectivity index (χ2v) is 7.94. The molecule has 174 valence electrons. The molecule has 0 saturated carbocycles. The Kier molecular flexibility index (Phi) is 8.10. The SMILES string of the molecule is CC(=O)C(C)C(=O)Nc1cc(C)ccc1Cl.O=C(Oc1ccccc1)c1ccc2n[nH]nc2c1. The highest BCUT2D eigenvalue weighted by molar-refractivity contribution is 6.33. The number of carbonyl (C=O) groups excluding carboxylic acids is 3. The van der Waals surface area contributed by atoms with Gasteiger partial charge in [-0.05, 0) is 68.8 Å². The maximum Gasteiger partial charge on any atom is 0.343 e. The van der Waals surface area contributed by atoms with E-state index in [0.717, 1.165) is 5.56 Å². The molecule has 8 nitrogen and oxygen atoms in total. The number of aryl methyl sites for hydroxylation is 1. The van der Waals surface area contributed by atoms with Crippen LogP contribution in [0.5, 0.6) is 5.75 Å². The zero-order valence-electron chi connectivity index (χ0n) is 18.8. The Morgan fingerprint density at radius 3 is 2.38 bits per heavy atom. The van der Waals surface area contributed by atoms with Gasteiger partial charge < -0.3 is 10.1 Å². The third kappa shape index (κ3) is 6.49. The van der Waals surface area contributed by atoms with Crippen LogP contribution in [0.2, 0.25) is 5.02 Å². The van der Waals surface area contributed by atoms with Gasteiger partial charge in [0.05, 0.1) is 22.2 Å². The lowest BCUT2D eigenvalue weighted by Gasteiger charge is -2.11. The van der Waals surface area contributed by atoms with Crippen LogP contribution in [-0.2, 0) is 9.59 Å². The number of halogens is 1. The molecule has 4 rings (SSSR count). The molecule has 0 spiro atoms. The molecule has 3 aromatic carbocycles. The number of rotatable bonds is 5. The van der Waals surface area contributed by atoms with Crippen molar-refractivity contribution < 1.29 is 19.1 Å². The van der Waals surface area contributed by atoms with E-state index >= 15 is 0 Å². The minimum Gasteiger partial charge on any atom is -0.423 e. The minimum absolute atomic E-state index is 0.165. The highest BCUT2D eigenvalue weighted by atomic mass is 35.5. The number of aromatic nitrogens is 3. The molecule has 2 N–H and O–H groups in total. The number of amides is 1. The molecule has 9 heteroatoms. The Bertz CT molecular complexity index is 1320. The first kappa shape index (κ1) is 24.6. The lowest BCUT2D eigenvalue weighted by atomic mass is 10.1. The van der Waals surface area contributed by atoms with Gasteiger partial charge in [0.15, 0.2) is 0 Å². The molecule has 1 atom stereocenters. The van der Waals surface area contributed by atoms with Crippen LogP contribution in [0.25, 0.3) is 11.0 Å². The van der Waals surface area contributed by atoms with E-state index in [4.69, 9.17) is 16.3 Å². The molecule has 1 heterocycles. The maximum atomic E-state index is 11.9. The molecule has 34 heavy (non-hydrogen) atoms. The third-order valence-electron chi connectivity index (χ3n) is 4.89. The molecule has 0 aliphatic heterocycles. The van der Waals surface area contributed by atoms with Crippen LogP contribution in [0.15, 0.2) is 66.7 Å². The van der Waals surface area contributed by atoms with Crippen molar-refractivity contribution in [2.24, 2.45) is 5.92 Å². The largest absolute Gasteiger partial charge is 0.423 e. The normalized spacial score (nSPS) is 11.2. The van der Waals surface area contributed by atoms with E-state index in [1.165, 1.54) is 6.92 Å². The Morgan fingerprint density at radius 1 is 0.971 bits per heavy atom. The van der Waals surface area contributed by atoms with E-state index in [9.17, 15) is 14.4 Å². The van der Waals surface area contributed by atoms with E-state index in [1.807, 2.05) is 31.2 Å². The number of nitrogens with zero attached hydrogens (tertiary/aromatic N) is 2. The maximum absolute atomic E-state index is 11.9. The number of Topliss-reactive ketones (excluding diaryl/α,β-unsaturated/α-hetero) is 1. The van der Waals surface area contributed by atoms with E-state index in [-0.39, 0.29) is 11.7 Å². The van der Waals surface area contributed by atoms with Gasteiger partial charge in [-0.3, -0.25) is 9.59 Å². The van der Waals surface area contributed by atoms with E-state index in [1.54, 1.807) is 49.4 Å². The highest BCUT2D eigenvalue weighted by Crippen LogP contribution is 2.23. The van der Waals surface area contributed by atoms with Gasteiger partial charge in [-0.25, -0.2) is 4.79 Å². The van der Waals surface area contributed by atoms with Crippen LogP contribution in [0.1, 0.15) is 29.8 Å². The fourth-order valence-corrected chi connectivity index (χ4v) is 2.95. The van der Waals surface area contributed by atoms with Crippen molar-refractivity contribution in [2.45, 2.75) is 20.8 Å². The number of fused-ring (bicyclic) bond motifs is 1. The molecule has 0 radical (unpaired) electrons. The summed E-state index contributed by atoms with van der Waals surface area (Å²) in [5.74, 6) is -1.05. The van der Waals surface area contributed by atoms with E-state index in [2.05, 4.69) is 20.7 Å². The van der Waals surface area contributed by atoms with Crippen molar-refractivity contribution in [3.63, 3.8) is 0 Å². The zero-order chi connectivity index (χ0) is 24.7. The molecule has 0 saturated heterocycles. The fraction of sp³-hybridized carbons (Fsp3) is 0.160. The van der Waals surface area contributed by atoms with Gasteiger partial charge in [0.25, 0.3) is 0 Å². The predicted molar refractivity (Wildman–Crippen MR) is 130 cm³/mol. The summed E-state index contributed by atoms with van der Waals surface area (Å²) in [5.41, 5.74) is 3.33. The first-order chi connectivity index (χ1) is 16.2. The van der Waals surface area contributed by atoms with Crippen LogP contribution in [0.3, 0.4) is 0 Å². The van der Waals surface area contributed by atoms with Gasteiger partial charge >= 0.3 is 5.97 Å². The summed E-state index contributed by atoms with van der Waals surface area (Å²) in [5, 5.41) is 13.4. The van der Waals surface area contributed by atoms with Crippen LogP contribution in [0.4, 0.5) is 5.69 Å². The number of hydrogen-bond donors (Lipinski definition) is 2. The summed E-state index contributed by atoms with van der Waals surface area (Å²) in [6, 6.07) is 19.3. The van der Waals surface area contributed by atoms with E-state index in [0.29, 0.717) is 33.1 Å². The summed E-state index contributed by atoms with van der Waals surface area (Å²) in [7, 11) is 0. The van der Waals surface area contributed by atoms with Crippen LogP contribution in [0, 0.1) is 12.8 Å². The number of ketones is 1. The molecule has 1 amide bonds. The van der Waals surface area contributed by atoms with Gasteiger partial charge in [-0.15, -0.1) is 0 Å². The third-order valence-corrected chi connectivity index (χ3v) is 5.22. The molecule has 4 aromatic rings. The average molecular weight is 479 g/mol. The number of H-pyrrole nitrogens is 1. The number of benzene rings is 3. The zero-order valence-corrected chi connectivity index (χ0v) is 19.6. The second-order valence-electron chi connectivity index (χ2n) is 7.53. The molecule has 0 fully saturated rings. The van der Waals surface area contributed by atoms with Gasteiger partial charge in [0, 0.05) is 0 Å². The number of esters is 1. The number of anilines is 1. The lowest BCUT2D eigenvalue weighted by molar-refractivity contribution is -0.129. The Balaban J connectivity index is 0.000000192. The van der Waals surface area contributed by atoms with Crippen LogP contribution in [-0.4, -0.2) is 33.1 Å². The number of aromatic amines is 1. The molecular weight excluding hydrogens is 456 g/mol. The molecule has 1 unspecified atom stereocenters. The Hall–Kier alpha value is -4.04. The monoisotopic (exact) mass is 478 g/mol. The fourth-order valence-electron chi connectivity index (χ4n) is 2.78. The number of carbonyl (C=O) groups is 3. The summed E-state index contributed by atoms with van der Waals surface area (Å²) in [6.45, 7) is 4.86. The standard InChI is InChI=1S/C13H9N3O2.C12H14ClNO2/c17-13(18-10-4-2-1-3-5-10)9-6-7-11-12(8-9)15-16-14-11;1-7-4-5-10(13)11(6-7)14-12(16)8(2)9(3)15/h1-8H,(H,14,15,16);4-6,8H,1-3H3,(H,14,16). The van der Waals surface area contributed by atoms with Crippen molar-refractivity contribution in [1.29, 1.82) is 0 Å². The average Bonchev–Trinajstić information content (AvgIpc) is 3.30. The lowest BCUT2D eigenvalue weighted by Crippen LogP contribution is -2.25. The first-order valence-electron chi connectivity index (χ1n) is 10.4. The second kappa shape index (κ2) is 11.2. The van der Waals surface area contributed by atoms with Gasteiger partial charge in [0.2, 0.25) is 5.91 Å². The predicted octanol–water partition coefficient (Wildman–Crippen LogP) is 4.99. The van der Waals surface area contributed by atoms with Crippen molar-refractivity contribution in [3.8, 4) is 5.75 Å². The topological polar surface area (TPSA) is 114 Å². The quantitative estimate of drug-likeness (QED) is 0.237. The summed E-state index contributed by atoms with van der Waals surface area (Å²) >= 11 is 5.92. The number of para-hydroxylation sites is 1. The minimum atomic E-state index is -0.656. The summed E-state index contributed by atoms with van der Waals surface area (Å²) < 4.78 is 5.23. The van der Waals surface area contributed by atoms with Crippen LogP contribution < -0.4 is 10.1 Å². The van der Waals surface area contributed by atoms with Crippen molar-refractivity contribution in [2.75, 3.05) is 5.32 Å². The number of hydrogen-bond acceptors (Lipinski definition) is 6. The van der Waals surface area contributed by atoms with E-state index < -0.39 is 11.9 Å². The molecule has 1 aromatic heterocycles. The van der Waals surface area contributed by atoms with Crippen LogP contribution >= 0.6 is 11.6 Å². The smallest absolute Gasteiger partial charge is 0.343 e. The number of ether oxygens (including phenoxy) is 1. The highest BCUT2D eigenvalue weighted by Gasteiger charge is 2.18. The van der Waals surface area contributed by atoms with Gasteiger partial charge in [0.1, 0.15) is 22.6 Å². The van der Waals surface area contributed by atoms with Crippen molar-refractivity contribution in [3.05, 3.63) is 82.9 Å². The molecular formula is C25H23ClN4O4. The Morgan fingerprint density at radius 2 is 1.68 bits per heavy atom. The molecule has 0 aliphatic carbocycles. The Labute approximate surface area is 201 Å². The first-order valence-corrected chi connectivity index (χ1v) is 10.8. The summed E-state index contributed by atoms with van der Waals surface area (Å²) in [6.07, 6.45) is 0. The van der Waals surface area contributed by atoms with Crippen molar-refractivity contribution in [1.82, 2.24) is 15.4 Å². The van der Waals surface area contributed by atoms with Crippen molar-refractivity contribution >= 4 is 46.0 Å². The number of nitrogens with one attached hydrogen (secondary N) is 2.